The molecule has 70 valence electrons. The summed E-state index contributed by atoms with van der Waals surface area (Å²) in [5.41, 5.74) is 0. The summed E-state index contributed by atoms with van der Waals surface area (Å²) in [6.07, 6.45) is 7.55. The third-order valence-corrected chi connectivity index (χ3v) is 3.26. The van der Waals surface area contributed by atoms with E-state index in [0.29, 0.717) is 0 Å². The first-order valence-corrected chi connectivity index (χ1v) is 4.91. The molecule has 13 heavy (non-hydrogen) atoms. The van der Waals surface area contributed by atoms with Crippen molar-refractivity contribution in [3.8, 4) is 12.3 Å². The first kappa shape index (κ1) is 9.77. The smallest absolute Gasteiger partial charge is 0.246 e. The zero-order valence-corrected chi connectivity index (χ0v) is 7.87. The Bertz CT molecular complexity index is 401. The van der Waals surface area contributed by atoms with Crippen LogP contribution in [0.4, 0.5) is 0 Å². The maximum atomic E-state index is 11.6. The van der Waals surface area contributed by atoms with Crippen LogP contribution >= 0.6 is 0 Å². The number of nitrogens with one attached hydrogen (secondary N) is 1. The molecule has 0 unspecified atom stereocenters. The molecule has 0 bridgehead atoms. The van der Waals surface area contributed by atoms with Crippen LogP contribution in [0.5, 0.6) is 0 Å². The molecule has 0 amide bonds. The van der Waals surface area contributed by atoms with Crippen LogP contribution in [0.1, 0.15) is 0 Å². The fraction of sp³-hybridized carbons (Fsp3) is 0.286. The van der Waals surface area contributed by atoms with E-state index in [2.05, 4.69) is 16.1 Å². The largest absolute Gasteiger partial charge is 0.284 e. The van der Waals surface area contributed by atoms with Crippen LogP contribution in [0.25, 0.3) is 0 Å². The predicted molar refractivity (Wildman–Crippen MR) is 47.2 cm³/mol. The number of aromatic amines is 1. The molecule has 1 aromatic heterocycles. The van der Waals surface area contributed by atoms with Gasteiger partial charge in [-0.2, -0.15) is 9.40 Å². The lowest BCUT2D eigenvalue weighted by molar-refractivity contribution is 0.503. The molecule has 1 heterocycles. The van der Waals surface area contributed by atoms with Crippen molar-refractivity contribution < 1.29 is 8.42 Å². The van der Waals surface area contributed by atoms with Crippen LogP contribution in [-0.2, 0) is 10.0 Å². The molecule has 0 saturated carbocycles. The summed E-state index contributed by atoms with van der Waals surface area (Å²) in [6, 6.07) is 0. The molecule has 1 aromatic rings. The second kappa shape index (κ2) is 3.60. The summed E-state index contributed by atoms with van der Waals surface area (Å²) in [5, 5.41) is 5.97. The zero-order chi connectivity index (χ0) is 9.90. The lowest BCUT2D eigenvalue weighted by Crippen LogP contribution is -2.26. The summed E-state index contributed by atoms with van der Waals surface area (Å²) < 4.78 is 24.2. The highest BCUT2D eigenvalue weighted by atomic mass is 32.2. The minimum absolute atomic E-state index is 0.0491. The van der Waals surface area contributed by atoms with Crippen molar-refractivity contribution in [2.24, 2.45) is 0 Å². The molecule has 0 fully saturated rings. The van der Waals surface area contributed by atoms with Gasteiger partial charge in [-0.25, -0.2) is 8.42 Å². The maximum Gasteiger partial charge on any atom is 0.246 e. The van der Waals surface area contributed by atoms with Gasteiger partial charge in [-0.1, -0.05) is 5.92 Å². The van der Waals surface area contributed by atoms with Crippen molar-refractivity contribution in [1.29, 1.82) is 0 Å². The fourth-order valence-corrected chi connectivity index (χ4v) is 1.77. The van der Waals surface area contributed by atoms with Crippen LogP contribution in [-0.4, -0.2) is 36.5 Å². The second-order valence-electron chi connectivity index (χ2n) is 2.40. The Hall–Kier alpha value is -1.32. The van der Waals surface area contributed by atoms with E-state index in [0.717, 1.165) is 4.31 Å². The molecule has 1 rings (SSSR count). The van der Waals surface area contributed by atoms with Gasteiger partial charge in [0, 0.05) is 13.2 Å². The van der Waals surface area contributed by atoms with Crippen molar-refractivity contribution in [3.63, 3.8) is 0 Å². The highest BCUT2D eigenvalue weighted by Crippen LogP contribution is 2.10. The van der Waals surface area contributed by atoms with Gasteiger partial charge in [0.05, 0.1) is 12.7 Å². The van der Waals surface area contributed by atoms with E-state index in [1.54, 1.807) is 0 Å². The van der Waals surface area contributed by atoms with Gasteiger partial charge in [-0.15, -0.1) is 6.42 Å². The first-order valence-electron chi connectivity index (χ1n) is 3.47. The Morgan fingerprint density at radius 1 is 1.77 bits per heavy atom. The van der Waals surface area contributed by atoms with Gasteiger partial charge in [0.2, 0.25) is 10.0 Å². The van der Waals surface area contributed by atoms with Crippen LogP contribution in [0.15, 0.2) is 17.3 Å². The highest BCUT2D eigenvalue weighted by molar-refractivity contribution is 7.89. The van der Waals surface area contributed by atoms with Gasteiger partial charge in [0.15, 0.2) is 0 Å². The molecule has 6 heteroatoms. The molecule has 0 aliphatic heterocycles. The normalized spacial score (nSPS) is 11.5. The number of sulfonamides is 1. The standard InChI is InChI=1S/C7H9N3O2S/c1-3-4-10(2)13(11,12)7-5-8-9-6-7/h1,5-6H,4H2,2H3,(H,8,9). The van der Waals surface area contributed by atoms with E-state index in [4.69, 9.17) is 6.42 Å². The Balaban J connectivity index is 2.98. The average Bonchev–Trinajstić information content (AvgIpc) is 2.56. The minimum atomic E-state index is -3.46. The quantitative estimate of drug-likeness (QED) is 0.677. The van der Waals surface area contributed by atoms with E-state index in [1.807, 2.05) is 0 Å². The van der Waals surface area contributed by atoms with Gasteiger partial charge in [-0.3, -0.25) is 5.10 Å². The number of terminal acetylenes is 1. The SMILES string of the molecule is C#CCN(C)S(=O)(=O)c1cn[nH]c1. The van der Waals surface area contributed by atoms with Crippen LogP contribution in [0.3, 0.4) is 0 Å². The summed E-state index contributed by atoms with van der Waals surface area (Å²) in [7, 11) is -2.04. The summed E-state index contributed by atoms with van der Waals surface area (Å²) in [5.74, 6) is 2.25. The Kier molecular flexibility index (Phi) is 2.70. The highest BCUT2D eigenvalue weighted by Gasteiger charge is 2.20. The molecule has 0 spiro atoms. The predicted octanol–water partition coefficient (Wildman–Crippen LogP) is -0.337. The molecule has 0 saturated heterocycles. The number of aromatic nitrogens is 2. The van der Waals surface area contributed by atoms with Crippen molar-refractivity contribution in [2.75, 3.05) is 13.6 Å². The summed E-state index contributed by atoms with van der Waals surface area (Å²) >= 11 is 0. The van der Waals surface area contributed by atoms with Gasteiger partial charge < -0.3 is 0 Å². The van der Waals surface area contributed by atoms with Gasteiger partial charge in [0.25, 0.3) is 0 Å². The third kappa shape index (κ3) is 1.88. The van der Waals surface area contributed by atoms with E-state index in [9.17, 15) is 8.42 Å². The van der Waals surface area contributed by atoms with Crippen molar-refractivity contribution >= 4 is 10.0 Å². The van der Waals surface area contributed by atoms with E-state index < -0.39 is 10.0 Å². The number of nitrogens with zero attached hydrogens (tertiary/aromatic N) is 2. The van der Waals surface area contributed by atoms with E-state index in [1.165, 1.54) is 19.4 Å². The third-order valence-electron chi connectivity index (χ3n) is 1.50. The fourth-order valence-electron chi connectivity index (χ4n) is 0.774. The number of H-pyrrole nitrogens is 1. The lowest BCUT2D eigenvalue weighted by atomic mass is 10.7. The second-order valence-corrected chi connectivity index (χ2v) is 4.44. The van der Waals surface area contributed by atoms with Gasteiger partial charge >= 0.3 is 0 Å². The Labute approximate surface area is 76.8 Å². The monoisotopic (exact) mass is 199 g/mol. The molecule has 5 nitrogen and oxygen atoms in total. The van der Waals surface area contributed by atoms with Crippen molar-refractivity contribution in [3.05, 3.63) is 12.4 Å². The van der Waals surface area contributed by atoms with Crippen LogP contribution < -0.4 is 0 Å². The summed E-state index contributed by atoms with van der Waals surface area (Å²) in [4.78, 5) is 0.116. The number of hydrogen-bond donors (Lipinski definition) is 1. The van der Waals surface area contributed by atoms with Crippen molar-refractivity contribution in [2.45, 2.75) is 4.90 Å². The zero-order valence-electron chi connectivity index (χ0n) is 7.06. The molecular weight excluding hydrogens is 190 g/mol. The van der Waals surface area contributed by atoms with Gasteiger partial charge in [-0.05, 0) is 0 Å². The molecule has 0 aromatic carbocycles. The number of hydrogen-bond acceptors (Lipinski definition) is 3. The minimum Gasteiger partial charge on any atom is -0.284 e. The molecule has 0 atom stereocenters. The molecule has 0 aliphatic carbocycles. The summed E-state index contributed by atoms with van der Waals surface area (Å²) in [6.45, 7) is 0.0491. The topological polar surface area (TPSA) is 66.1 Å². The maximum absolute atomic E-state index is 11.6. The van der Waals surface area contributed by atoms with Crippen molar-refractivity contribution in [1.82, 2.24) is 14.5 Å². The molecular formula is C7H9N3O2S. The number of rotatable bonds is 3. The first-order chi connectivity index (χ1) is 6.09. The van der Waals surface area contributed by atoms with Crippen LogP contribution in [0, 0.1) is 12.3 Å². The van der Waals surface area contributed by atoms with E-state index in [-0.39, 0.29) is 11.4 Å². The lowest BCUT2D eigenvalue weighted by Gasteiger charge is -2.11. The molecule has 0 aliphatic rings. The molecule has 1 N–H and O–H groups in total. The van der Waals surface area contributed by atoms with Crippen LogP contribution in [0.2, 0.25) is 0 Å². The molecule has 0 radical (unpaired) electrons. The van der Waals surface area contributed by atoms with Gasteiger partial charge in [0.1, 0.15) is 4.90 Å². The average molecular weight is 199 g/mol. The Morgan fingerprint density at radius 2 is 2.46 bits per heavy atom. The Morgan fingerprint density at radius 3 is 2.92 bits per heavy atom. The van der Waals surface area contributed by atoms with E-state index >= 15 is 0 Å².